The Hall–Kier alpha value is -1.91. The first kappa shape index (κ1) is 15.6. The third-order valence-corrected chi connectivity index (χ3v) is 5.82. The second-order valence-corrected chi connectivity index (χ2v) is 6.97. The quantitative estimate of drug-likeness (QED) is 0.878. The molecule has 4 heterocycles. The molecule has 0 spiro atoms. The zero-order valence-electron chi connectivity index (χ0n) is 14.1. The minimum Gasteiger partial charge on any atom is -0.497 e. The first-order valence-corrected chi connectivity index (χ1v) is 8.68. The predicted octanol–water partition coefficient (Wildman–Crippen LogP) is 3.17. The van der Waals surface area contributed by atoms with Crippen molar-refractivity contribution >= 4 is 10.9 Å². The van der Waals surface area contributed by atoms with Crippen molar-refractivity contribution in [1.82, 2.24) is 9.88 Å². The molecule has 5 rings (SSSR count). The van der Waals surface area contributed by atoms with E-state index in [1.807, 2.05) is 24.3 Å². The van der Waals surface area contributed by atoms with Crippen molar-refractivity contribution in [3.63, 3.8) is 0 Å². The highest BCUT2D eigenvalue weighted by atomic mass is 16.4. The number of aliphatic hydroxyl groups is 1. The lowest BCUT2D eigenvalue weighted by atomic mass is 9.73. The van der Waals surface area contributed by atoms with E-state index >= 15 is 0 Å². The molecule has 126 valence electrons. The average molecular weight is 323 g/mol. The first-order chi connectivity index (χ1) is 11.7. The summed E-state index contributed by atoms with van der Waals surface area (Å²) in [6.45, 7) is 6.07. The molecule has 0 radical (unpaired) electrons. The Kier molecular flexibility index (Phi) is 4.02. The molecule has 1 aromatic carbocycles. The lowest BCUT2D eigenvalue weighted by Crippen LogP contribution is -2.54. The van der Waals surface area contributed by atoms with Gasteiger partial charge in [-0.05, 0) is 61.1 Å². The van der Waals surface area contributed by atoms with Crippen LogP contribution in [0.4, 0.5) is 0 Å². The molecule has 1 aromatic heterocycles. The van der Waals surface area contributed by atoms with Crippen LogP contribution in [0.2, 0.25) is 0 Å². The number of hydrogen-bond acceptors (Lipinski definition) is 4. The van der Waals surface area contributed by atoms with E-state index in [1.165, 1.54) is 6.42 Å². The molecule has 1 unspecified atom stereocenters. The molecule has 1 N–H and O–H groups in total. The summed E-state index contributed by atoms with van der Waals surface area (Å²) in [5, 5.41) is 12.1. The number of benzene rings is 1. The number of fused-ring (bicyclic) bond motifs is 4. The van der Waals surface area contributed by atoms with Crippen molar-refractivity contribution in [2.24, 2.45) is 11.8 Å². The highest BCUT2D eigenvalue weighted by Gasteiger charge is 2.42. The first-order valence-electron chi connectivity index (χ1n) is 8.68. The summed E-state index contributed by atoms with van der Waals surface area (Å²) in [5.74, 6) is 2.01. The Morgan fingerprint density at radius 2 is 2.29 bits per heavy atom. The van der Waals surface area contributed by atoms with Gasteiger partial charge in [-0.1, -0.05) is 6.08 Å². The van der Waals surface area contributed by atoms with Crippen LogP contribution in [0.5, 0.6) is 5.75 Å². The fraction of sp³-hybridized carbons (Fsp3) is 0.450. The second-order valence-electron chi connectivity index (χ2n) is 6.97. The molecule has 5 atom stereocenters. The van der Waals surface area contributed by atoms with Crippen LogP contribution < -0.4 is 4.74 Å². The molecule has 0 aliphatic carbocycles. The van der Waals surface area contributed by atoms with Gasteiger partial charge in [-0.25, -0.2) is 0 Å². The van der Waals surface area contributed by atoms with Crippen LogP contribution in [0.3, 0.4) is 0 Å². The summed E-state index contributed by atoms with van der Waals surface area (Å²) in [5.41, 5.74) is 1.85. The van der Waals surface area contributed by atoms with Gasteiger partial charge < -0.3 is 9.84 Å². The maximum absolute atomic E-state index is 11.2. The number of piperidine rings is 3. The highest BCUT2D eigenvalue weighted by molar-refractivity contribution is 5.83. The zero-order valence-corrected chi connectivity index (χ0v) is 14.1. The molecule has 3 fully saturated rings. The van der Waals surface area contributed by atoms with Crippen LogP contribution >= 0.6 is 0 Å². The standard InChI is InChI=1S/C20H24N2O2/c1-3-13-12-22-9-7-14(13)10-19(22)20(23)16-6-8-21-18-5-4-15(24-2)11-17(16)18/h3-6,8,11,13-14,19-20,23H,1,7,9-10,12H2,2H3/t13-,14-,19-,20+/m0/s1/i2-1. The minimum atomic E-state index is -0.504. The summed E-state index contributed by atoms with van der Waals surface area (Å²) in [6.07, 6.45) is 5.62. The number of ether oxygens (including phenoxy) is 1. The maximum atomic E-state index is 11.2. The number of methoxy groups -OCH3 is 1. The van der Waals surface area contributed by atoms with E-state index < -0.39 is 6.10 Å². The topological polar surface area (TPSA) is 45.6 Å². The molecule has 3 aliphatic rings. The van der Waals surface area contributed by atoms with Gasteiger partial charge in [0.15, 0.2) is 0 Å². The van der Waals surface area contributed by atoms with Gasteiger partial charge in [0.2, 0.25) is 0 Å². The van der Waals surface area contributed by atoms with E-state index in [-0.39, 0.29) is 6.04 Å². The molecule has 2 bridgehead atoms. The molecule has 3 saturated heterocycles. The second kappa shape index (κ2) is 6.19. The zero-order chi connectivity index (χ0) is 16.7. The number of aromatic nitrogens is 1. The van der Waals surface area contributed by atoms with E-state index in [2.05, 4.69) is 22.5 Å². The minimum absolute atomic E-state index is 0.178. The Bertz CT molecular complexity index is 760. The third-order valence-electron chi connectivity index (χ3n) is 5.82. The van der Waals surface area contributed by atoms with E-state index in [1.54, 1.807) is 13.3 Å². The molecule has 24 heavy (non-hydrogen) atoms. The molecule has 0 saturated carbocycles. The largest absolute Gasteiger partial charge is 0.497 e. The summed E-state index contributed by atoms with van der Waals surface area (Å²) >= 11 is 0. The normalized spacial score (nSPS) is 30.2. The fourth-order valence-electron chi connectivity index (χ4n) is 4.44. The number of pyridine rings is 1. The van der Waals surface area contributed by atoms with Crippen molar-refractivity contribution in [2.75, 3.05) is 20.2 Å². The summed E-state index contributed by atoms with van der Waals surface area (Å²) in [6, 6.07) is 7.96. The van der Waals surface area contributed by atoms with Crippen LogP contribution in [-0.4, -0.2) is 41.2 Å². The number of nitrogens with zero attached hydrogens (tertiary/aromatic N) is 2. The molecular formula is C20H24N2O2. The van der Waals surface area contributed by atoms with Gasteiger partial charge in [0, 0.05) is 24.2 Å². The monoisotopic (exact) mass is 323 g/mol. The SMILES string of the molecule is C=C[C@H]1CN2CC[C@H]1C[C@H]2[C@H](O)c1ccnc2ccc(O[11CH3])cc12. The predicted molar refractivity (Wildman–Crippen MR) is 95.0 cm³/mol. The van der Waals surface area contributed by atoms with Crippen molar-refractivity contribution in [3.8, 4) is 5.75 Å². The van der Waals surface area contributed by atoms with Crippen molar-refractivity contribution in [2.45, 2.75) is 25.0 Å². The van der Waals surface area contributed by atoms with Crippen molar-refractivity contribution in [1.29, 1.82) is 0 Å². The summed E-state index contributed by atoms with van der Waals surface area (Å²) < 4.78 is 5.35. The summed E-state index contributed by atoms with van der Waals surface area (Å²) in [7, 11) is 1.66. The van der Waals surface area contributed by atoms with Crippen LogP contribution in [0.25, 0.3) is 10.9 Å². The Balaban J connectivity index is 1.69. The van der Waals surface area contributed by atoms with Crippen molar-refractivity contribution in [3.05, 3.63) is 48.7 Å². The van der Waals surface area contributed by atoms with Crippen LogP contribution in [0.1, 0.15) is 24.5 Å². The van der Waals surface area contributed by atoms with E-state index in [4.69, 9.17) is 4.74 Å². The van der Waals surface area contributed by atoms with Gasteiger partial charge in [-0.3, -0.25) is 9.88 Å². The van der Waals surface area contributed by atoms with Gasteiger partial charge in [0.25, 0.3) is 0 Å². The van der Waals surface area contributed by atoms with Crippen molar-refractivity contribution < 1.29 is 9.84 Å². The van der Waals surface area contributed by atoms with Gasteiger partial charge in [0.1, 0.15) is 5.75 Å². The molecule has 3 aliphatic heterocycles. The summed E-state index contributed by atoms with van der Waals surface area (Å²) in [4.78, 5) is 6.86. The lowest BCUT2D eigenvalue weighted by Gasteiger charge is -2.50. The average Bonchev–Trinajstić information content (AvgIpc) is 2.66. The number of rotatable bonds is 4. The molecule has 2 aromatic rings. The number of hydrogen-bond donors (Lipinski definition) is 1. The van der Waals surface area contributed by atoms with Gasteiger partial charge in [-0.2, -0.15) is 0 Å². The Labute approximate surface area is 142 Å². The van der Waals surface area contributed by atoms with Gasteiger partial charge >= 0.3 is 0 Å². The Morgan fingerprint density at radius 1 is 1.42 bits per heavy atom. The highest BCUT2D eigenvalue weighted by Crippen LogP contribution is 2.42. The molecule has 4 nitrogen and oxygen atoms in total. The maximum Gasteiger partial charge on any atom is 0.119 e. The van der Waals surface area contributed by atoms with E-state index in [9.17, 15) is 5.11 Å². The van der Waals surface area contributed by atoms with E-state index in [0.717, 1.165) is 41.7 Å². The smallest absolute Gasteiger partial charge is 0.119 e. The molecule has 4 heteroatoms. The molecule has 0 amide bonds. The molecular weight excluding hydrogens is 299 g/mol. The van der Waals surface area contributed by atoms with Crippen LogP contribution in [0.15, 0.2) is 43.1 Å². The van der Waals surface area contributed by atoms with Gasteiger partial charge in [-0.15, -0.1) is 6.58 Å². The van der Waals surface area contributed by atoms with Gasteiger partial charge in [0.05, 0.1) is 18.7 Å². The Morgan fingerprint density at radius 3 is 3.00 bits per heavy atom. The number of aliphatic hydroxyl groups excluding tert-OH is 1. The van der Waals surface area contributed by atoms with Crippen LogP contribution in [-0.2, 0) is 0 Å². The van der Waals surface area contributed by atoms with Crippen LogP contribution in [0, 0.1) is 11.8 Å². The lowest BCUT2D eigenvalue weighted by molar-refractivity contribution is -0.0444. The van der Waals surface area contributed by atoms with E-state index in [0.29, 0.717) is 11.8 Å². The third kappa shape index (κ3) is 2.50. The fourth-order valence-corrected chi connectivity index (χ4v) is 4.44.